The number of alkyl halides is 2. The smallest absolute Gasteiger partial charge is 0.429 e. The number of aliphatic hydroxyl groups is 1. The minimum atomic E-state index is -4.65. The van der Waals surface area contributed by atoms with E-state index in [1.54, 1.807) is 0 Å². The minimum Gasteiger partial charge on any atom is -0.429 e. The summed E-state index contributed by atoms with van der Waals surface area (Å²) in [5, 5.41) is 11.0. The summed E-state index contributed by atoms with van der Waals surface area (Å²) in [5.74, 6) is -12.4. The van der Waals surface area contributed by atoms with Crippen molar-refractivity contribution in [2.24, 2.45) is 11.3 Å². The number of hydrogen-bond acceptors (Lipinski definition) is 4. The summed E-state index contributed by atoms with van der Waals surface area (Å²) < 4.78 is 115. The van der Waals surface area contributed by atoms with Crippen LogP contribution < -0.4 is 4.74 Å². The first-order chi connectivity index (χ1) is 18.8. The zero-order valence-corrected chi connectivity index (χ0v) is 22.4. The summed E-state index contributed by atoms with van der Waals surface area (Å²) in [4.78, 5) is 0. The summed E-state index contributed by atoms with van der Waals surface area (Å²) in [7, 11) is 0. The van der Waals surface area contributed by atoms with E-state index in [-0.39, 0.29) is 34.9 Å². The van der Waals surface area contributed by atoms with Gasteiger partial charge in [0, 0.05) is 23.5 Å². The van der Waals surface area contributed by atoms with Crippen molar-refractivity contribution in [2.45, 2.75) is 83.2 Å². The fourth-order valence-corrected chi connectivity index (χ4v) is 5.51. The Hall–Kier alpha value is -2.37. The van der Waals surface area contributed by atoms with Crippen molar-refractivity contribution in [2.75, 3.05) is 13.2 Å². The average Bonchev–Trinajstić information content (AvgIpc) is 2.89. The fraction of sp³-hybridized carbons (Fsp3) is 0.586. The molecule has 4 nitrogen and oxygen atoms in total. The van der Waals surface area contributed by atoms with Gasteiger partial charge in [0.2, 0.25) is 0 Å². The average molecular weight is 579 g/mol. The molecule has 11 heteroatoms. The van der Waals surface area contributed by atoms with Gasteiger partial charge in [0.1, 0.15) is 22.9 Å². The highest BCUT2D eigenvalue weighted by Gasteiger charge is 2.48. The van der Waals surface area contributed by atoms with Crippen LogP contribution >= 0.6 is 0 Å². The Labute approximate surface area is 228 Å². The molecule has 0 unspecified atom stereocenters. The van der Waals surface area contributed by atoms with Gasteiger partial charge in [-0.15, -0.1) is 0 Å². The molecule has 2 aromatic rings. The molecule has 1 heterocycles. The number of rotatable bonds is 9. The van der Waals surface area contributed by atoms with Crippen LogP contribution in [0.15, 0.2) is 24.3 Å². The Bertz CT molecular complexity index is 1140. The topological polar surface area (TPSA) is 47.9 Å². The van der Waals surface area contributed by atoms with Crippen molar-refractivity contribution in [1.29, 1.82) is 0 Å². The molecule has 1 saturated carbocycles. The third-order valence-electron chi connectivity index (χ3n) is 7.91. The molecule has 0 spiro atoms. The number of unbranched alkanes of at least 4 members (excludes halogenated alkanes) is 2. The molecule has 1 aliphatic carbocycles. The summed E-state index contributed by atoms with van der Waals surface area (Å²) in [6, 6.07) is 1.85. The van der Waals surface area contributed by atoms with E-state index >= 15 is 0 Å². The Balaban J connectivity index is 1.40. The predicted octanol–water partition coefficient (Wildman–Crippen LogP) is 8.06. The van der Waals surface area contributed by atoms with Gasteiger partial charge in [-0.05, 0) is 55.7 Å². The van der Waals surface area contributed by atoms with Crippen molar-refractivity contribution >= 4 is 0 Å². The first kappa shape index (κ1) is 30.6. The van der Waals surface area contributed by atoms with Crippen LogP contribution in [0.5, 0.6) is 5.75 Å². The molecule has 2 fully saturated rings. The molecule has 1 N–H and O–H groups in total. The lowest BCUT2D eigenvalue weighted by atomic mass is 9.77. The van der Waals surface area contributed by atoms with Gasteiger partial charge in [0.05, 0.1) is 13.2 Å². The highest BCUT2D eigenvalue weighted by Crippen LogP contribution is 2.45. The van der Waals surface area contributed by atoms with Crippen LogP contribution in [0.1, 0.15) is 82.3 Å². The highest BCUT2D eigenvalue weighted by molar-refractivity contribution is 5.33. The highest BCUT2D eigenvalue weighted by atomic mass is 19.3. The molecule has 0 bridgehead atoms. The zero-order valence-electron chi connectivity index (χ0n) is 22.4. The van der Waals surface area contributed by atoms with E-state index in [0.717, 1.165) is 37.8 Å². The van der Waals surface area contributed by atoms with E-state index in [4.69, 9.17) is 9.47 Å². The molecule has 2 aliphatic rings. The van der Waals surface area contributed by atoms with E-state index in [9.17, 15) is 35.8 Å². The molecule has 0 aromatic heterocycles. The lowest BCUT2D eigenvalue weighted by Gasteiger charge is -2.46. The van der Waals surface area contributed by atoms with Crippen molar-refractivity contribution < 1.29 is 50.1 Å². The SMILES string of the molecule is CCCCCC1(C)COC(O)(C2CCC(c3cc(F)c(C(F)(F)Oc4cc(F)c(F)c(F)c4)c(F)c3)CC2)OC1. The first-order valence-electron chi connectivity index (χ1n) is 13.5. The number of halogens is 7. The maximum Gasteiger partial charge on any atom is 0.432 e. The number of ether oxygens (including phenoxy) is 3. The van der Waals surface area contributed by atoms with E-state index in [2.05, 4.69) is 18.6 Å². The van der Waals surface area contributed by atoms with Gasteiger partial charge in [0.15, 0.2) is 17.5 Å². The largest absolute Gasteiger partial charge is 0.432 e. The number of benzene rings is 2. The van der Waals surface area contributed by atoms with Gasteiger partial charge in [-0.3, -0.25) is 0 Å². The van der Waals surface area contributed by atoms with Crippen LogP contribution in [0.25, 0.3) is 0 Å². The minimum absolute atomic E-state index is 0.146. The molecule has 1 saturated heterocycles. The normalized spacial score (nSPS) is 27.6. The Kier molecular flexibility index (Phi) is 9.06. The molecule has 0 radical (unpaired) electrons. The van der Waals surface area contributed by atoms with Crippen molar-refractivity contribution in [3.8, 4) is 5.75 Å². The molecular weight excluding hydrogens is 545 g/mol. The predicted molar refractivity (Wildman–Crippen MR) is 131 cm³/mol. The quantitative estimate of drug-likeness (QED) is 0.186. The van der Waals surface area contributed by atoms with Crippen molar-refractivity contribution in [1.82, 2.24) is 0 Å². The summed E-state index contributed by atoms with van der Waals surface area (Å²) in [6.07, 6.45) is 1.12. The van der Waals surface area contributed by atoms with Gasteiger partial charge < -0.3 is 19.3 Å². The Morgan fingerprint density at radius 1 is 0.875 bits per heavy atom. The van der Waals surface area contributed by atoms with Crippen LogP contribution in [0, 0.1) is 40.4 Å². The van der Waals surface area contributed by atoms with E-state index in [0.29, 0.717) is 38.9 Å². The number of hydrogen-bond donors (Lipinski definition) is 1. The van der Waals surface area contributed by atoms with E-state index < -0.39 is 52.5 Å². The molecule has 40 heavy (non-hydrogen) atoms. The Morgan fingerprint density at radius 3 is 1.95 bits per heavy atom. The van der Waals surface area contributed by atoms with Gasteiger partial charge in [-0.2, -0.15) is 8.78 Å². The zero-order chi connectivity index (χ0) is 29.3. The van der Waals surface area contributed by atoms with Gasteiger partial charge in [-0.1, -0.05) is 33.1 Å². The maximum atomic E-state index is 14.8. The molecule has 4 rings (SSSR count). The van der Waals surface area contributed by atoms with Crippen LogP contribution in [-0.4, -0.2) is 24.3 Å². The second kappa shape index (κ2) is 11.9. The second-order valence-electron chi connectivity index (χ2n) is 11.2. The monoisotopic (exact) mass is 578 g/mol. The van der Waals surface area contributed by atoms with Crippen LogP contribution in [0.4, 0.5) is 30.7 Å². The van der Waals surface area contributed by atoms with Crippen LogP contribution in [-0.2, 0) is 15.6 Å². The van der Waals surface area contributed by atoms with Gasteiger partial charge in [-0.25, -0.2) is 22.0 Å². The van der Waals surface area contributed by atoms with Crippen molar-refractivity contribution in [3.63, 3.8) is 0 Å². The molecular formula is C29H33F7O4. The fourth-order valence-electron chi connectivity index (χ4n) is 5.51. The molecule has 222 valence electrons. The lowest BCUT2D eigenvalue weighted by molar-refractivity contribution is -0.427. The van der Waals surface area contributed by atoms with Crippen LogP contribution in [0.3, 0.4) is 0 Å². The van der Waals surface area contributed by atoms with Gasteiger partial charge >= 0.3 is 6.11 Å². The second-order valence-corrected chi connectivity index (χ2v) is 11.2. The standard InChI is InChI=1S/C29H33F7O4/c1-3-4-5-10-27(2)15-38-29(37,39-16-27)19-8-6-17(7-9-19)18-11-21(30)25(22(31)12-18)28(35,36)40-20-13-23(32)26(34)24(33)14-20/h11-14,17,19,37H,3-10,15-16H2,1-2H3. The summed E-state index contributed by atoms with van der Waals surface area (Å²) in [5.41, 5.74) is -1.79. The molecule has 0 amide bonds. The molecule has 2 aromatic carbocycles. The third kappa shape index (κ3) is 6.57. The van der Waals surface area contributed by atoms with E-state index in [1.165, 1.54) is 0 Å². The lowest BCUT2D eigenvalue weighted by Crippen LogP contribution is -2.53. The Morgan fingerprint density at radius 2 is 1.43 bits per heavy atom. The van der Waals surface area contributed by atoms with Crippen molar-refractivity contribution in [3.05, 3.63) is 64.5 Å². The summed E-state index contributed by atoms with van der Waals surface area (Å²) >= 11 is 0. The maximum absolute atomic E-state index is 14.8. The third-order valence-corrected chi connectivity index (χ3v) is 7.91. The molecule has 0 atom stereocenters. The summed E-state index contributed by atoms with van der Waals surface area (Å²) in [6.45, 7) is 4.86. The first-order valence-corrected chi connectivity index (χ1v) is 13.5. The van der Waals surface area contributed by atoms with E-state index in [1.807, 2.05) is 0 Å². The van der Waals surface area contributed by atoms with Crippen LogP contribution in [0.2, 0.25) is 0 Å². The van der Waals surface area contributed by atoms with Gasteiger partial charge in [0.25, 0.3) is 5.97 Å². The molecule has 1 aliphatic heterocycles.